The summed E-state index contributed by atoms with van der Waals surface area (Å²) in [5.41, 5.74) is 0. The molecule has 0 aromatic heterocycles. The van der Waals surface area contributed by atoms with Gasteiger partial charge < -0.3 is 9.47 Å². The smallest absolute Gasteiger partial charge is 0.434 e. The summed E-state index contributed by atoms with van der Waals surface area (Å²) in [6.45, 7) is 2.66. The first kappa shape index (κ1) is 11.1. The predicted molar refractivity (Wildman–Crippen MR) is 54.1 cm³/mol. The van der Waals surface area contributed by atoms with Crippen LogP contribution < -0.4 is 0 Å². The fourth-order valence-electron chi connectivity index (χ4n) is 1.37. The Morgan fingerprint density at radius 1 is 1.50 bits per heavy atom. The lowest BCUT2D eigenvalue weighted by Gasteiger charge is -2.19. The van der Waals surface area contributed by atoms with Gasteiger partial charge in [-0.05, 0) is 18.9 Å². The van der Waals surface area contributed by atoms with E-state index in [1.165, 1.54) is 19.3 Å². The highest BCUT2D eigenvalue weighted by Gasteiger charge is 2.18. The van der Waals surface area contributed by atoms with Crippen LogP contribution in [0.3, 0.4) is 0 Å². The predicted octanol–water partition coefficient (Wildman–Crippen LogP) is 3.05. The average Bonchev–Trinajstić information content (AvgIpc) is 2.18. The van der Waals surface area contributed by atoms with Crippen molar-refractivity contribution in [1.29, 1.82) is 0 Å². The molecular weight excluding hydrogens is 180 g/mol. The van der Waals surface area contributed by atoms with E-state index in [4.69, 9.17) is 4.74 Å². The SMILES string of the molecule is CCCCC/C=C/C1CCOC(=O)O1. The van der Waals surface area contributed by atoms with E-state index < -0.39 is 6.16 Å². The van der Waals surface area contributed by atoms with Crippen molar-refractivity contribution in [2.45, 2.75) is 45.1 Å². The number of hydrogen-bond acceptors (Lipinski definition) is 3. The number of unbranched alkanes of at least 4 members (excludes halogenated alkanes) is 3. The van der Waals surface area contributed by atoms with E-state index >= 15 is 0 Å². The Hall–Kier alpha value is -0.990. The minimum absolute atomic E-state index is 0.0714. The molecule has 1 aliphatic heterocycles. The molecule has 0 aromatic rings. The van der Waals surface area contributed by atoms with Crippen molar-refractivity contribution in [2.24, 2.45) is 0 Å². The van der Waals surface area contributed by atoms with E-state index in [0.717, 1.165) is 12.8 Å². The normalized spacial score (nSPS) is 22.1. The Morgan fingerprint density at radius 2 is 2.36 bits per heavy atom. The zero-order valence-electron chi connectivity index (χ0n) is 8.70. The summed E-state index contributed by atoms with van der Waals surface area (Å²) in [6.07, 6.45) is 9.01. The van der Waals surface area contributed by atoms with Crippen molar-refractivity contribution in [3.63, 3.8) is 0 Å². The molecule has 1 aliphatic rings. The van der Waals surface area contributed by atoms with Gasteiger partial charge >= 0.3 is 6.16 Å². The third-order valence-corrected chi connectivity index (χ3v) is 2.19. The van der Waals surface area contributed by atoms with Gasteiger partial charge in [0.15, 0.2) is 0 Å². The maximum atomic E-state index is 10.7. The standard InChI is InChI=1S/C11H18O3/c1-2-3-4-5-6-7-10-8-9-13-11(12)14-10/h6-7,10H,2-5,8-9H2,1H3/b7-6+. The third-order valence-electron chi connectivity index (χ3n) is 2.19. The molecule has 0 saturated carbocycles. The number of ether oxygens (including phenoxy) is 2. The highest BCUT2D eigenvalue weighted by molar-refractivity contribution is 5.61. The first-order chi connectivity index (χ1) is 6.83. The molecule has 0 N–H and O–H groups in total. The van der Waals surface area contributed by atoms with Crippen LogP contribution in [0.2, 0.25) is 0 Å². The van der Waals surface area contributed by atoms with Gasteiger partial charge in [0.1, 0.15) is 6.10 Å². The maximum Gasteiger partial charge on any atom is 0.508 e. The molecule has 0 aliphatic carbocycles. The minimum atomic E-state index is -0.542. The Morgan fingerprint density at radius 3 is 3.07 bits per heavy atom. The molecule has 1 atom stereocenters. The van der Waals surface area contributed by atoms with Gasteiger partial charge in [-0.1, -0.05) is 25.8 Å². The average molecular weight is 198 g/mol. The summed E-state index contributed by atoms with van der Waals surface area (Å²) in [6, 6.07) is 0. The van der Waals surface area contributed by atoms with Crippen LogP contribution in [0.4, 0.5) is 4.79 Å². The molecular formula is C11H18O3. The molecule has 0 bridgehead atoms. The van der Waals surface area contributed by atoms with Crippen molar-refractivity contribution in [3.8, 4) is 0 Å². The molecule has 3 heteroatoms. The number of rotatable bonds is 5. The van der Waals surface area contributed by atoms with Crippen LogP contribution >= 0.6 is 0 Å². The third kappa shape index (κ3) is 4.30. The zero-order valence-corrected chi connectivity index (χ0v) is 8.70. The molecule has 0 aromatic carbocycles. The van der Waals surface area contributed by atoms with Gasteiger partial charge in [0.25, 0.3) is 0 Å². The molecule has 0 spiro atoms. The van der Waals surface area contributed by atoms with Crippen molar-refractivity contribution in [2.75, 3.05) is 6.61 Å². The topological polar surface area (TPSA) is 35.5 Å². The molecule has 80 valence electrons. The Labute approximate surface area is 85.1 Å². The number of carbonyl (C=O) groups excluding carboxylic acids is 1. The summed E-state index contributed by atoms with van der Waals surface area (Å²) in [5.74, 6) is 0. The van der Waals surface area contributed by atoms with Gasteiger partial charge in [-0.25, -0.2) is 4.79 Å². The van der Waals surface area contributed by atoms with Gasteiger partial charge in [0.05, 0.1) is 6.61 Å². The molecule has 0 radical (unpaired) electrons. The number of allylic oxidation sites excluding steroid dienone is 1. The summed E-state index contributed by atoms with van der Waals surface area (Å²) in [5, 5.41) is 0. The van der Waals surface area contributed by atoms with Gasteiger partial charge in [0.2, 0.25) is 0 Å². The second-order valence-electron chi connectivity index (χ2n) is 3.47. The van der Waals surface area contributed by atoms with Crippen molar-refractivity contribution in [3.05, 3.63) is 12.2 Å². The Bertz CT molecular complexity index is 199. The largest absolute Gasteiger partial charge is 0.508 e. The first-order valence-corrected chi connectivity index (χ1v) is 5.33. The molecule has 3 nitrogen and oxygen atoms in total. The van der Waals surface area contributed by atoms with Gasteiger partial charge in [0, 0.05) is 6.42 Å². The van der Waals surface area contributed by atoms with Crippen LogP contribution in [0.25, 0.3) is 0 Å². The van der Waals surface area contributed by atoms with E-state index in [1.54, 1.807) is 0 Å². The van der Waals surface area contributed by atoms with Crippen LogP contribution in [0.5, 0.6) is 0 Å². The summed E-state index contributed by atoms with van der Waals surface area (Å²) < 4.78 is 9.60. The maximum absolute atomic E-state index is 10.7. The highest BCUT2D eigenvalue weighted by atomic mass is 16.7. The summed E-state index contributed by atoms with van der Waals surface area (Å²) in [4.78, 5) is 10.7. The molecule has 1 saturated heterocycles. The van der Waals surface area contributed by atoms with Crippen LogP contribution in [-0.2, 0) is 9.47 Å². The Balaban J connectivity index is 2.12. The minimum Gasteiger partial charge on any atom is -0.434 e. The molecule has 1 unspecified atom stereocenters. The van der Waals surface area contributed by atoms with E-state index in [0.29, 0.717) is 6.61 Å². The molecule has 1 rings (SSSR count). The van der Waals surface area contributed by atoms with Crippen LogP contribution in [0.1, 0.15) is 39.0 Å². The molecule has 1 fully saturated rings. The van der Waals surface area contributed by atoms with Crippen molar-refractivity contribution < 1.29 is 14.3 Å². The van der Waals surface area contributed by atoms with Crippen molar-refractivity contribution >= 4 is 6.16 Å². The molecule has 1 heterocycles. The summed E-state index contributed by atoms with van der Waals surface area (Å²) in [7, 11) is 0. The van der Waals surface area contributed by atoms with E-state index in [1.807, 2.05) is 6.08 Å². The van der Waals surface area contributed by atoms with Crippen LogP contribution in [0, 0.1) is 0 Å². The van der Waals surface area contributed by atoms with Crippen molar-refractivity contribution in [1.82, 2.24) is 0 Å². The first-order valence-electron chi connectivity index (χ1n) is 5.33. The lowest BCUT2D eigenvalue weighted by molar-refractivity contribution is -0.00570. The highest BCUT2D eigenvalue weighted by Crippen LogP contribution is 2.10. The Kier molecular flexibility index (Phi) is 5.12. The number of hydrogen-bond donors (Lipinski definition) is 0. The fourth-order valence-corrected chi connectivity index (χ4v) is 1.37. The zero-order chi connectivity index (χ0) is 10.2. The molecule has 0 amide bonds. The van der Waals surface area contributed by atoms with Crippen LogP contribution in [-0.4, -0.2) is 18.9 Å². The number of carbonyl (C=O) groups is 1. The summed E-state index contributed by atoms with van der Waals surface area (Å²) >= 11 is 0. The van der Waals surface area contributed by atoms with Gasteiger partial charge in [-0.3, -0.25) is 0 Å². The lowest BCUT2D eigenvalue weighted by atomic mass is 10.1. The van der Waals surface area contributed by atoms with E-state index in [9.17, 15) is 4.79 Å². The monoisotopic (exact) mass is 198 g/mol. The second-order valence-corrected chi connectivity index (χ2v) is 3.47. The second kappa shape index (κ2) is 6.46. The van der Waals surface area contributed by atoms with Gasteiger partial charge in [-0.2, -0.15) is 0 Å². The van der Waals surface area contributed by atoms with Gasteiger partial charge in [-0.15, -0.1) is 0 Å². The number of cyclic esters (lactones) is 2. The van der Waals surface area contributed by atoms with E-state index in [2.05, 4.69) is 17.7 Å². The van der Waals surface area contributed by atoms with E-state index in [-0.39, 0.29) is 6.10 Å². The lowest BCUT2D eigenvalue weighted by Crippen LogP contribution is -2.25. The molecule has 14 heavy (non-hydrogen) atoms. The fraction of sp³-hybridized carbons (Fsp3) is 0.727. The van der Waals surface area contributed by atoms with Crippen LogP contribution in [0.15, 0.2) is 12.2 Å². The quantitative estimate of drug-likeness (QED) is 0.387.